The topological polar surface area (TPSA) is 82.5 Å². The fourth-order valence-electron chi connectivity index (χ4n) is 2.86. The maximum Gasteiger partial charge on any atom is 0.326 e. The number of hydrogen-bond donors (Lipinski definition) is 1. The van der Waals surface area contributed by atoms with Crippen LogP contribution in [0.4, 0.5) is 0 Å². The summed E-state index contributed by atoms with van der Waals surface area (Å²) in [7, 11) is 1.52. The highest BCUT2D eigenvalue weighted by Gasteiger charge is 2.16. The molecule has 0 saturated carbocycles. The summed E-state index contributed by atoms with van der Waals surface area (Å²) in [6.07, 6.45) is 0. The summed E-state index contributed by atoms with van der Waals surface area (Å²) >= 11 is 0. The van der Waals surface area contributed by atoms with E-state index in [1.165, 1.54) is 7.11 Å². The molecule has 140 valence electrons. The molecule has 0 bridgehead atoms. The van der Waals surface area contributed by atoms with Crippen molar-refractivity contribution in [1.82, 2.24) is 14.9 Å². The first kappa shape index (κ1) is 18.4. The van der Waals surface area contributed by atoms with Crippen LogP contribution in [0.3, 0.4) is 0 Å². The molecule has 7 heteroatoms. The number of rotatable bonds is 7. The van der Waals surface area contributed by atoms with Crippen LogP contribution in [0.25, 0.3) is 11.0 Å². The lowest BCUT2D eigenvalue weighted by Gasteiger charge is -2.11. The SMILES string of the molecule is CCOC(=O)Cn1c(CNC(=O)c2ccccc2OC)nc2ccccc21. The number of nitrogens with zero attached hydrogens (tertiary/aromatic N) is 2. The lowest BCUT2D eigenvalue weighted by atomic mass is 10.2. The van der Waals surface area contributed by atoms with E-state index >= 15 is 0 Å². The highest BCUT2D eigenvalue weighted by Crippen LogP contribution is 2.18. The molecule has 0 aliphatic carbocycles. The number of benzene rings is 2. The van der Waals surface area contributed by atoms with E-state index in [0.717, 1.165) is 11.0 Å². The van der Waals surface area contributed by atoms with E-state index in [1.54, 1.807) is 35.8 Å². The maximum atomic E-state index is 12.5. The van der Waals surface area contributed by atoms with Crippen LogP contribution in [0.1, 0.15) is 23.1 Å². The number of carbonyl (C=O) groups is 2. The van der Waals surface area contributed by atoms with Gasteiger partial charge in [0.2, 0.25) is 0 Å². The van der Waals surface area contributed by atoms with Crippen molar-refractivity contribution in [2.24, 2.45) is 0 Å². The predicted octanol–water partition coefficient (Wildman–Crippen LogP) is 2.54. The molecule has 0 aliphatic rings. The molecule has 3 rings (SSSR count). The van der Waals surface area contributed by atoms with Crippen molar-refractivity contribution in [2.75, 3.05) is 13.7 Å². The number of imidazole rings is 1. The van der Waals surface area contributed by atoms with Gasteiger partial charge in [-0.1, -0.05) is 24.3 Å². The molecule has 3 aromatic rings. The second-order valence-corrected chi connectivity index (χ2v) is 5.79. The first-order valence-corrected chi connectivity index (χ1v) is 8.65. The normalized spacial score (nSPS) is 10.6. The quantitative estimate of drug-likeness (QED) is 0.649. The van der Waals surface area contributed by atoms with Crippen LogP contribution < -0.4 is 10.1 Å². The van der Waals surface area contributed by atoms with E-state index in [4.69, 9.17) is 9.47 Å². The number of esters is 1. The summed E-state index contributed by atoms with van der Waals surface area (Å²) in [6.45, 7) is 2.28. The number of nitrogens with one attached hydrogen (secondary N) is 1. The zero-order chi connectivity index (χ0) is 19.2. The standard InChI is InChI=1S/C20H21N3O4/c1-3-27-19(24)13-23-16-10-6-5-9-15(16)22-18(23)12-21-20(25)14-8-4-7-11-17(14)26-2/h4-11H,3,12-13H2,1-2H3,(H,21,25). The van der Waals surface area contributed by atoms with Gasteiger partial charge >= 0.3 is 5.97 Å². The minimum absolute atomic E-state index is 0.0359. The van der Waals surface area contributed by atoms with Crippen molar-refractivity contribution in [2.45, 2.75) is 20.0 Å². The van der Waals surface area contributed by atoms with E-state index in [2.05, 4.69) is 10.3 Å². The second-order valence-electron chi connectivity index (χ2n) is 5.79. The Morgan fingerprint density at radius 3 is 2.63 bits per heavy atom. The number of hydrogen-bond acceptors (Lipinski definition) is 5. The van der Waals surface area contributed by atoms with Gasteiger partial charge in [-0.15, -0.1) is 0 Å². The van der Waals surface area contributed by atoms with Crippen molar-refractivity contribution >= 4 is 22.9 Å². The van der Waals surface area contributed by atoms with Crippen LogP contribution in [0.5, 0.6) is 5.75 Å². The van der Waals surface area contributed by atoms with Gasteiger partial charge in [0.15, 0.2) is 0 Å². The predicted molar refractivity (Wildman–Crippen MR) is 101 cm³/mol. The Morgan fingerprint density at radius 1 is 1.11 bits per heavy atom. The van der Waals surface area contributed by atoms with Crippen LogP contribution in [0, 0.1) is 0 Å². The number of para-hydroxylation sites is 3. The molecule has 0 spiro atoms. The third kappa shape index (κ3) is 4.08. The summed E-state index contributed by atoms with van der Waals surface area (Å²) in [5, 5.41) is 2.84. The van der Waals surface area contributed by atoms with E-state index in [1.807, 2.05) is 24.3 Å². The van der Waals surface area contributed by atoms with Gasteiger partial charge in [0.25, 0.3) is 5.91 Å². The van der Waals surface area contributed by atoms with Gasteiger partial charge in [0, 0.05) is 0 Å². The summed E-state index contributed by atoms with van der Waals surface area (Å²) in [5.41, 5.74) is 2.00. The molecular weight excluding hydrogens is 346 g/mol. The molecule has 0 unspecified atom stereocenters. The highest BCUT2D eigenvalue weighted by atomic mass is 16.5. The van der Waals surface area contributed by atoms with Gasteiger partial charge < -0.3 is 19.4 Å². The van der Waals surface area contributed by atoms with Gasteiger partial charge in [-0.25, -0.2) is 4.98 Å². The molecule has 0 aliphatic heterocycles. The summed E-state index contributed by atoms with van der Waals surface area (Å²) in [6, 6.07) is 14.5. The molecule has 0 saturated heterocycles. The monoisotopic (exact) mass is 367 g/mol. The van der Waals surface area contributed by atoms with Gasteiger partial charge in [0.05, 0.1) is 36.9 Å². The molecule has 0 radical (unpaired) electrons. The van der Waals surface area contributed by atoms with Crippen LogP contribution >= 0.6 is 0 Å². The largest absolute Gasteiger partial charge is 0.496 e. The van der Waals surface area contributed by atoms with Gasteiger partial charge in [0.1, 0.15) is 18.1 Å². The Hall–Kier alpha value is -3.35. The maximum absolute atomic E-state index is 12.5. The van der Waals surface area contributed by atoms with Crippen molar-refractivity contribution in [1.29, 1.82) is 0 Å². The van der Waals surface area contributed by atoms with Crippen LogP contribution in [0.15, 0.2) is 48.5 Å². The van der Waals surface area contributed by atoms with Crippen molar-refractivity contribution in [3.63, 3.8) is 0 Å². The lowest BCUT2D eigenvalue weighted by molar-refractivity contribution is -0.143. The Balaban J connectivity index is 1.83. The molecule has 1 aromatic heterocycles. The van der Waals surface area contributed by atoms with Gasteiger partial charge in [-0.05, 0) is 31.2 Å². The number of aromatic nitrogens is 2. The third-order valence-corrected chi connectivity index (χ3v) is 4.08. The van der Waals surface area contributed by atoms with E-state index < -0.39 is 0 Å². The molecule has 0 atom stereocenters. The Kier molecular flexibility index (Phi) is 5.71. The van der Waals surface area contributed by atoms with Gasteiger partial charge in [-0.2, -0.15) is 0 Å². The van der Waals surface area contributed by atoms with Crippen LogP contribution in [0.2, 0.25) is 0 Å². The Bertz CT molecular complexity index is 965. The molecule has 7 nitrogen and oxygen atoms in total. The second kappa shape index (κ2) is 8.35. The number of fused-ring (bicyclic) bond motifs is 1. The van der Waals surface area contributed by atoms with Crippen LogP contribution in [-0.4, -0.2) is 35.1 Å². The Morgan fingerprint density at radius 2 is 1.85 bits per heavy atom. The molecule has 0 fully saturated rings. The molecule has 1 heterocycles. The van der Waals surface area contributed by atoms with Crippen molar-refractivity contribution in [3.05, 3.63) is 59.9 Å². The molecule has 2 aromatic carbocycles. The van der Waals surface area contributed by atoms with Crippen molar-refractivity contribution < 1.29 is 19.1 Å². The zero-order valence-corrected chi connectivity index (χ0v) is 15.3. The summed E-state index contributed by atoms with van der Waals surface area (Å²) in [5.74, 6) is 0.447. The van der Waals surface area contributed by atoms with Crippen molar-refractivity contribution in [3.8, 4) is 5.75 Å². The zero-order valence-electron chi connectivity index (χ0n) is 15.3. The third-order valence-electron chi connectivity index (χ3n) is 4.08. The Labute approximate surface area is 156 Å². The van der Waals surface area contributed by atoms with E-state index in [-0.39, 0.29) is 25.0 Å². The van der Waals surface area contributed by atoms with Gasteiger partial charge in [-0.3, -0.25) is 9.59 Å². The summed E-state index contributed by atoms with van der Waals surface area (Å²) in [4.78, 5) is 29.0. The number of ether oxygens (including phenoxy) is 2. The molecule has 27 heavy (non-hydrogen) atoms. The number of methoxy groups -OCH3 is 1. The first-order chi connectivity index (χ1) is 13.1. The first-order valence-electron chi connectivity index (χ1n) is 8.65. The fourth-order valence-corrected chi connectivity index (χ4v) is 2.86. The smallest absolute Gasteiger partial charge is 0.326 e. The highest BCUT2D eigenvalue weighted by molar-refractivity contribution is 5.96. The fraction of sp³-hybridized carbons (Fsp3) is 0.250. The van der Waals surface area contributed by atoms with E-state index in [0.29, 0.717) is 23.7 Å². The molecule has 1 amide bonds. The molecular formula is C20H21N3O4. The number of carbonyl (C=O) groups excluding carboxylic acids is 2. The average molecular weight is 367 g/mol. The number of amides is 1. The average Bonchev–Trinajstić information content (AvgIpc) is 3.03. The minimum atomic E-state index is -0.349. The molecule has 1 N–H and O–H groups in total. The van der Waals surface area contributed by atoms with E-state index in [9.17, 15) is 9.59 Å². The summed E-state index contributed by atoms with van der Waals surface area (Å²) < 4.78 is 12.0. The minimum Gasteiger partial charge on any atom is -0.496 e. The van der Waals surface area contributed by atoms with Crippen LogP contribution in [-0.2, 0) is 22.6 Å². The lowest BCUT2D eigenvalue weighted by Crippen LogP contribution is -2.26.